The van der Waals surface area contributed by atoms with Gasteiger partial charge in [-0.15, -0.1) is 0 Å². The van der Waals surface area contributed by atoms with Gasteiger partial charge in [0, 0.05) is 19.0 Å². The summed E-state index contributed by atoms with van der Waals surface area (Å²) in [5.41, 5.74) is -0.587. The van der Waals surface area contributed by atoms with E-state index in [1.54, 1.807) is 20.8 Å². The van der Waals surface area contributed by atoms with Crippen molar-refractivity contribution >= 4 is 17.8 Å². The average Bonchev–Trinajstić information content (AvgIpc) is 3.05. The van der Waals surface area contributed by atoms with Crippen LogP contribution in [0.4, 0.5) is 4.79 Å². The molecule has 7 heteroatoms. The highest BCUT2D eigenvalue weighted by atomic mass is 16.6. The fourth-order valence-electron chi connectivity index (χ4n) is 2.25. The first-order chi connectivity index (χ1) is 10.2. The van der Waals surface area contributed by atoms with Crippen molar-refractivity contribution in [1.29, 1.82) is 0 Å². The van der Waals surface area contributed by atoms with Gasteiger partial charge in [-0.1, -0.05) is 0 Å². The maximum absolute atomic E-state index is 12.3. The van der Waals surface area contributed by atoms with E-state index < -0.39 is 23.6 Å². The molecule has 1 amide bonds. The van der Waals surface area contributed by atoms with Gasteiger partial charge in [-0.2, -0.15) is 0 Å². The van der Waals surface area contributed by atoms with Gasteiger partial charge in [0.1, 0.15) is 5.60 Å². The number of aromatic carboxylic acids is 1. The summed E-state index contributed by atoms with van der Waals surface area (Å²) in [5, 5.41) is 8.79. The molecule has 1 atom stereocenters. The number of carboxylic acid groups (broad SMARTS) is 1. The van der Waals surface area contributed by atoms with E-state index >= 15 is 0 Å². The fraction of sp³-hybridized carbons (Fsp3) is 0.533. The molecule has 120 valence electrons. The van der Waals surface area contributed by atoms with Crippen LogP contribution in [0, 0.1) is 5.92 Å². The summed E-state index contributed by atoms with van der Waals surface area (Å²) in [6, 6.07) is 2.60. The van der Waals surface area contributed by atoms with Crippen LogP contribution in [-0.2, 0) is 4.74 Å². The molecule has 1 aliphatic heterocycles. The highest BCUT2D eigenvalue weighted by molar-refractivity contribution is 5.97. The SMILES string of the molecule is CC(C)(C)OC(=O)N1CCC(C(=O)c2ccc(C(=O)O)o2)C1. The minimum Gasteiger partial charge on any atom is -0.475 e. The molecule has 1 saturated heterocycles. The monoisotopic (exact) mass is 309 g/mol. The summed E-state index contributed by atoms with van der Waals surface area (Å²) < 4.78 is 10.3. The Kier molecular flexibility index (Phi) is 4.25. The summed E-state index contributed by atoms with van der Waals surface area (Å²) in [5.74, 6) is -2.18. The molecule has 0 spiro atoms. The Balaban J connectivity index is 1.98. The molecule has 7 nitrogen and oxygen atoms in total. The van der Waals surface area contributed by atoms with E-state index in [-0.39, 0.29) is 23.8 Å². The van der Waals surface area contributed by atoms with Gasteiger partial charge >= 0.3 is 12.1 Å². The standard InChI is InChI=1S/C15H19NO6/c1-15(2,3)22-14(20)16-7-6-9(8-16)12(17)10-4-5-11(21-10)13(18)19/h4-5,9H,6-8H2,1-3H3,(H,18,19). The first kappa shape index (κ1) is 16.1. The maximum Gasteiger partial charge on any atom is 0.410 e. The number of hydrogen-bond donors (Lipinski definition) is 1. The molecule has 1 aromatic heterocycles. The van der Waals surface area contributed by atoms with Gasteiger partial charge in [-0.3, -0.25) is 4.79 Å². The third-order valence-corrected chi connectivity index (χ3v) is 3.27. The normalized spacial score (nSPS) is 18.3. The largest absolute Gasteiger partial charge is 0.475 e. The average molecular weight is 309 g/mol. The van der Waals surface area contributed by atoms with Crippen molar-refractivity contribution in [3.63, 3.8) is 0 Å². The predicted molar refractivity (Wildman–Crippen MR) is 75.9 cm³/mol. The Hall–Kier alpha value is -2.31. The molecular weight excluding hydrogens is 290 g/mol. The molecule has 0 saturated carbocycles. The lowest BCUT2D eigenvalue weighted by molar-refractivity contribution is 0.0289. The number of carboxylic acids is 1. The van der Waals surface area contributed by atoms with Crippen LogP contribution in [0.25, 0.3) is 0 Å². The van der Waals surface area contributed by atoms with Crippen LogP contribution in [0.1, 0.15) is 48.3 Å². The summed E-state index contributed by atoms with van der Waals surface area (Å²) in [4.78, 5) is 36.5. The van der Waals surface area contributed by atoms with Crippen molar-refractivity contribution in [2.24, 2.45) is 5.92 Å². The minimum absolute atomic E-state index is 0.00781. The molecule has 1 unspecified atom stereocenters. The van der Waals surface area contributed by atoms with E-state index in [0.29, 0.717) is 13.0 Å². The summed E-state index contributed by atoms with van der Waals surface area (Å²) >= 11 is 0. The summed E-state index contributed by atoms with van der Waals surface area (Å²) in [7, 11) is 0. The number of ketones is 1. The summed E-state index contributed by atoms with van der Waals surface area (Å²) in [6.07, 6.45) is 0.0507. The van der Waals surface area contributed by atoms with Crippen LogP contribution in [0.2, 0.25) is 0 Å². The van der Waals surface area contributed by atoms with E-state index in [2.05, 4.69) is 0 Å². The number of ether oxygens (including phenoxy) is 1. The molecule has 0 radical (unpaired) electrons. The van der Waals surface area contributed by atoms with E-state index in [1.165, 1.54) is 17.0 Å². The van der Waals surface area contributed by atoms with Gasteiger partial charge in [-0.25, -0.2) is 9.59 Å². The number of rotatable bonds is 3. The Morgan fingerprint density at radius 3 is 2.45 bits per heavy atom. The van der Waals surface area contributed by atoms with Gasteiger partial charge in [0.15, 0.2) is 5.76 Å². The molecule has 1 N–H and O–H groups in total. The number of furan rings is 1. The minimum atomic E-state index is -1.22. The number of amides is 1. The number of likely N-dealkylation sites (tertiary alicyclic amines) is 1. The van der Waals surface area contributed by atoms with Crippen molar-refractivity contribution in [2.75, 3.05) is 13.1 Å². The van der Waals surface area contributed by atoms with Crippen molar-refractivity contribution in [3.8, 4) is 0 Å². The van der Waals surface area contributed by atoms with Crippen LogP contribution in [0.5, 0.6) is 0 Å². The zero-order valence-electron chi connectivity index (χ0n) is 12.8. The molecular formula is C15H19NO6. The lowest BCUT2D eigenvalue weighted by Crippen LogP contribution is -2.35. The van der Waals surface area contributed by atoms with Crippen LogP contribution >= 0.6 is 0 Å². The Labute approximate surface area is 127 Å². The molecule has 2 heterocycles. The van der Waals surface area contributed by atoms with Crippen LogP contribution in [0.3, 0.4) is 0 Å². The molecule has 1 aliphatic rings. The van der Waals surface area contributed by atoms with E-state index in [9.17, 15) is 14.4 Å². The van der Waals surface area contributed by atoms with Crippen molar-refractivity contribution in [1.82, 2.24) is 4.90 Å². The highest BCUT2D eigenvalue weighted by Gasteiger charge is 2.35. The van der Waals surface area contributed by atoms with Gasteiger partial charge in [0.25, 0.3) is 0 Å². The number of Topliss-reactive ketones (excluding diaryl/α,β-unsaturated/α-hetero) is 1. The molecule has 2 rings (SSSR count). The second kappa shape index (κ2) is 5.82. The second-order valence-electron chi connectivity index (χ2n) is 6.25. The predicted octanol–water partition coefficient (Wildman–Crippen LogP) is 2.42. The number of carbonyl (C=O) groups excluding carboxylic acids is 2. The Morgan fingerprint density at radius 1 is 1.27 bits per heavy atom. The first-order valence-corrected chi connectivity index (χ1v) is 7.02. The molecule has 0 aromatic carbocycles. The lowest BCUT2D eigenvalue weighted by Gasteiger charge is -2.24. The topological polar surface area (TPSA) is 97.0 Å². The molecule has 0 aliphatic carbocycles. The molecule has 22 heavy (non-hydrogen) atoms. The van der Waals surface area contributed by atoms with Gasteiger partial charge in [0.05, 0.1) is 0 Å². The molecule has 1 aromatic rings. The van der Waals surface area contributed by atoms with Crippen LogP contribution < -0.4 is 0 Å². The zero-order valence-corrected chi connectivity index (χ0v) is 12.8. The van der Waals surface area contributed by atoms with E-state index in [4.69, 9.17) is 14.3 Å². The smallest absolute Gasteiger partial charge is 0.410 e. The van der Waals surface area contributed by atoms with Crippen molar-refractivity contribution < 1.29 is 28.6 Å². The molecule has 0 bridgehead atoms. The first-order valence-electron chi connectivity index (χ1n) is 7.02. The van der Waals surface area contributed by atoms with Crippen molar-refractivity contribution in [3.05, 3.63) is 23.7 Å². The third-order valence-electron chi connectivity index (χ3n) is 3.27. The van der Waals surface area contributed by atoms with Crippen LogP contribution in [-0.4, -0.2) is 46.5 Å². The zero-order chi connectivity index (χ0) is 16.5. The Bertz CT molecular complexity index is 597. The highest BCUT2D eigenvalue weighted by Crippen LogP contribution is 2.24. The van der Waals surface area contributed by atoms with Gasteiger partial charge < -0.3 is 19.2 Å². The molecule has 1 fully saturated rings. The van der Waals surface area contributed by atoms with E-state index in [0.717, 1.165) is 0 Å². The number of nitrogens with zero attached hydrogens (tertiary/aromatic N) is 1. The fourth-order valence-corrected chi connectivity index (χ4v) is 2.25. The van der Waals surface area contributed by atoms with E-state index in [1.807, 2.05) is 0 Å². The number of carbonyl (C=O) groups is 3. The number of hydrogen-bond acceptors (Lipinski definition) is 5. The van der Waals surface area contributed by atoms with Crippen molar-refractivity contribution in [2.45, 2.75) is 32.8 Å². The third kappa shape index (κ3) is 3.66. The van der Waals surface area contributed by atoms with Gasteiger partial charge in [0.2, 0.25) is 11.5 Å². The van der Waals surface area contributed by atoms with Crippen LogP contribution in [0.15, 0.2) is 16.5 Å². The summed E-state index contributed by atoms with van der Waals surface area (Å²) in [6.45, 7) is 6.01. The maximum atomic E-state index is 12.3. The lowest BCUT2D eigenvalue weighted by atomic mass is 10.0. The van der Waals surface area contributed by atoms with Gasteiger partial charge in [-0.05, 0) is 39.3 Å². The quantitative estimate of drug-likeness (QED) is 0.861. The Morgan fingerprint density at radius 2 is 1.91 bits per heavy atom. The second-order valence-corrected chi connectivity index (χ2v) is 6.25.